The van der Waals surface area contributed by atoms with E-state index < -0.39 is 0 Å². The first-order valence-electron chi connectivity index (χ1n) is 17.1. The maximum absolute atomic E-state index is 13.9. The van der Waals surface area contributed by atoms with Gasteiger partial charge < -0.3 is 9.64 Å². The molecule has 7 nitrogen and oxygen atoms in total. The van der Waals surface area contributed by atoms with Crippen LogP contribution in [0, 0.1) is 11.8 Å². The van der Waals surface area contributed by atoms with Crippen LogP contribution in [0.3, 0.4) is 0 Å². The average Bonchev–Trinajstić information content (AvgIpc) is 4.02. The number of hydrogen-bond acceptors (Lipinski definition) is 7. The smallest absolute Gasteiger partial charge is 0.227 e. The van der Waals surface area contributed by atoms with Gasteiger partial charge in [-0.15, -0.1) is 21.5 Å². The lowest BCUT2D eigenvalue weighted by Gasteiger charge is -2.30. The van der Waals surface area contributed by atoms with E-state index in [0.717, 1.165) is 79.4 Å². The van der Waals surface area contributed by atoms with Crippen LogP contribution in [0.4, 0.5) is 5.95 Å². The molecule has 2 aromatic carbocycles. The monoisotopic (exact) mass is 636 g/mol. The van der Waals surface area contributed by atoms with E-state index in [-0.39, 0.29) is 17.7 Å². The van der Waals surface area contributed by atoms with E-state index in [1.165, 1.54) is 28.8 Å². The van der Waals surface area contributed by atoms with E-state index in [0.29, 0.717) is 37.8 Å². The number of ether oxygens (including phenoxy) is 1. The number of Topliss-reactive ketones (excluding diaryl/α,β-unsaturated/α-hetero) is 2. The van der Waals surface area contributed by atoms with Crippen LogP contribution in [-0.2, 0) is 48.6 Å². The van der Waals surface area contributed by atoms with Gasteiger partial charge in [-0.3, -0.25) is 14.2 Å². The van der Waals surface area contributed by atoms with Gasteiger partial charge in [-0.1, -0.05) is 73.5 Å². The van der Waals surface area contributed by atoms with Crippen molar-refractivity contribution in [3.8, 4) is 0 Å². The SMILES string of the molecule is CCN(Cc1ccccc1)c1nnc(COCc2ccccc2)n1C1CCc2sc(CC(=O)C3CC3)c(C(=O)CCC3CC3)c2C1. The Kier molecular flexibility index (Phi) is 9.45. The molecule has 0 bridgehead atoms. The molecule has 3 aliphatic carbocycles. The molecule has 3 aliphatic rings. The Bertz CT molecular complexity index is 1660. The van der Waals surface area contributed by atoms with Gasteiger partial charge in [0.2, 0.25) is 5.95 Å². The third-order valence-corrected chi connectivity index (χ3v) is 11.1. The number of fused-ring (bicyclic) bond motifs is 1. The summed E-state index contributed by atoms with van der Waals surface area (Å²) in [5.74, 6) is 3.10. The van der Waals surface area contributed by atoms with Gasteiger partial charge in [0.25, 0.3) is 0 Å². The minimum atomic E-state index is 0.0919. The predicted molar refractivity (Wildman–Crippen MR) is 181 cm³/mol. The maximum Gasteiger partial charge on any atom is 0.227 e. The van der Waals surface area contributed by atoms with E-state index in [9.17, 15) is 9.59 Å². The molecule has 240 valence electrons. The number of ketones is 2. The molecule has 0 radical (unpaired) electrons. The van der Waals surface area contributed by atoms with E-state index in [4.69, 9.17) is 14.9 Å². The summed E-state index contributed by atoms with van der Waals surface area (Å²) in [5.41, 5.74) is 4.38. The lowest BCUT2D eigenvalue weighted by atomic mass is 9.87. The largest absolute Gasteiger partial charge is 0.369 e. The second-order valence-corrected chi connectivity index (χ2v) is 14.5. The van der Waals surface area contributed by atoms with Gasteiger partial charge >= 0.3 is 0 Å². The van der Waals surface area contributed by atoms with E-state index >= 15 is 0 Å². The van der Waals surface area contributed by atoms with Crippen LogP contribution in [-0.4, -0.2) is 32.9 Å². The number of carbonyl (C=O) groups excluding carboxylic acids is 2. The maximum atomic E-state index is 13.9. The number of aromatic nitrogens is 3. The van der Waals surface area contributed by atoms with Crippen LogP contribution in [0.2, 0.25) is 0 Å². The van der Waals surface area contributed by atoms with Crippen molar-refractivity contribution in [2.75, 3.05) is 11.4 Å². The van der Waals surface area contributed by atoms with Gasteiger partial charge in [0, 0.05) is 53.2 Å². The number of nitrogens with zero attached hydrogens (tertiary/aromatic N) is 4. The van der Waals surface area contributed by atoms with Crippen molar-refractivity contribution < 1.29 is 14.3 Å². The van der Waals surface area contributed by atoms with Gasteiger partial charge in [-0.25, -0.2) is 0 Å². The second-order valence-electron chi connectivity index (χ2n) is 13.3. The minimum absolute atomic E-state index is 0.0919. The molecule has 2 heterocycles. The standard InChI is InChI=1S/C38H44N4O3S/c1-2-41(23-27-9-5-3-6-10-27)38-40-39-36(25-45-24-28-11-7-4-8-12-28)42(38)30-18-20-34-31(21-30)37(32(43)19-15-26-13-14-26)35(46-34)22-33(44)29-16-17-29/h3-12,26,29-30H,2,13-25H2,1H3. The molecular formula is C38H44N4O3S. The second kappa shape index (κ2) is 14.0. The Morgan fingerprint density at radius 3 is 2.37 bits per heavy atom. The fourth-order valence-electron chi connectivity index (χ4n) is 6.83. The molecular weight excluding hydrogens is 593 g/mol. The normalized spacial score (nSPS) is 17.5. The fourth-order valence-corrected chi connectivity index (χ4v) is 8.21. The molecule has 0 aliphatic heterocycles. The van der Waals surface area contributed by atoms with Gasteiger partial charge in [0.1, 0.15) is 12.4 Å². The number of benzene rings is 2. The molecule has 2 aromatic heterocycles. The molecule has 2 fully saturated rings. The molecule has 7 rings (SSSR count). The van der Waals surface area contributed by atoms with E-state index in [1.54, 1.807) is 11.3 Å². The fraction of sp³-hybridized carbons (Fsp3) is 0.474. The quantitative estimate of drug-likeness (QED) is 0.117. The van der Waals surface area contributed by atoms with Crippen LogP contribution in [0.5, 0.6) is 0 Å². The van der Waals surface area contributed by atoms with Gasteiger partial charge in [0.05, 0.1) is 6.61 Å². The molecule has 1 atom stereocenters. The number of carbonyl (C=O) groups is 2. The van der Waals surface area contributed by atoms with E-state index in [2.05, 4.69) is 52.8 Å². The highest BCUT2D eigenvalue weighted by atomic mass is 32.1. The summed E-state index contributed by atoms with van der Waals surface area (Å²) in [5, 5.41) is 9.48. The lowest BCUT2D eigenvalue weighted by molar-refractivity contribution is -0.119. The minimum Gasteiger partial charge on any atom is -0.369 e. The number of rotatable bonds is 16. The number of thiophene rings is 1. The summed E-state index contributed by atoms with van der Waals surface area (Å²) in [6, 6.07) is 20.8. The molecule has 4 aromatic rings. The van der Waals surface area contributed by atoms with Gasteiger partial charge in [-0.05, 0) is 68.1 Å². The zero-order valence-electron chi connectivity index (χ0n) is 26.8. The van der Waals surface area contributed by atoms with Crippen molar-refractivity contribution in [1.29, 1.82) is 0 Å². The topological polar surface area (TPSA) is 77.3 Å². The molecule has 0 spiro atoms. The van der Waals surface area contributed by atoms with E-state index in [1.807, 2.05) is 24.3 Å². The van der Waals surface area contributed by atoms with Crippen molar-refractivity contribution in [1.82, 2.24) is 14.8 Å². The third kappa shape index (κ3) is 7.18. The van der Waals surface area contributed by atoms with Crippen molar-refractivity contribution in [2.45, 2.75) is 96.9 Å². The van der Waals surface area contributed by atoms with Crippen LogP contribution in [0.25, 0.3) is 0 Å². The van der Waals surface area contributed by atoms with Crippen molar-refractivity contribution in [3.05, 3.63) is 98.5 Å². The van der Waals surface area contributed by atoms with Crippen LogP contribution < -0.4 is 4.90 Å². The predicted octanol–water partition coefficient (Wildman–Crippen LogP) is 7.71. The van der Waals surface area contributed by atoms with Crippen LogP contribution in [0.15, 0.2) is 60.7 Å². The third-order valence-electron chi connectivity index (χ3n) is 9.77. The number of anilines is 1. The molecule has 2 saturated carbocycles. The Morgan fingerprint density at radius 2 is 1.67 bits per heavy atom. The zero-order valence-corrected chi connectivity index (χ0v) is 27.6. The summed E-state index contributed by atoms with van der Waals surface area (Å²) in [7, 11) is 0. The Morgan fingerprint density at radius 1 is 0.935 bits per heavy atom. The van der Waals surface area contributed by atoms with Crippen LogP contribution in [0.1, 0.15) is 101 Å². The molecule has 8 heteroatoms. The summed E-state index contributed by atoms with van der Waals surface area (Å²) in [6.07, 6.45) is 9.00. The highest BCUT2D eigenvalue weighted by Gasteiger charge is 2.36. The highest BCUT2D eigenvalue weighted by molar-refractivity contribution is 7.12. The molecule has 46 heavy (non-hydrogen) atoms. The Balaban J connectivity index is 1.19. The number of hydrogen-bond donors (Lipinski definition) is 0. The molecule has 1 unspecified atom stereocenters. The summed E-state index contributed by atoms with van der Waals surface area (Å²) in [6.45, 7) is 4.53. The summed E-state index contributed by atoms with van der Waals surface area (Å²) < 4.78 is 8.52. The Labute approximate surface area is 276 Å². The number of aryl methyl sites for hydroxylation is 1. The molecule has 0 amide bonds. The lowest BCUT2D eigenvalue weighted by Crippen LogP contribution is -2.29. The zero-order chi connectivity index (χ0) is 31.5. The van der Waals surface area contributed by atoms with Crippen molar-refractivity contribution in [2.24, 2.45) is 11.8 Å². The van der Waals surface area contributed by atoms with Crippen molar-refractivity contribution in [3.63, 3.8) is 0 Å². The Hall–Kier alpha value is -3.62. The van der Waals surface area contributed by atoms with Crippen LogP contribution >= 0.6 is 11.3 Å². The summed E-state index contributed by atoms with van der Waals surface area (Å²) in [4.78, 5) is 31.5. The average molecular weight is 637 g/mol. The molecule has 0 saturated heterocycles. The van der Waals surface area contributed by atoms with Gasteiger partial charge in [0.15, 0.2) is 11.6 Å². The highest BCUT2D eigenvalue weighted by Crippen LogP contribution is 2.43. The first kappa shape index (κ1) is 31.0. The van der Waals surface area contributed by atoms with Crippen molar-refractivity contribution >= 4 is 28.9 Å². The first-order chi connectivity index (χ1) is 22.6. The van der Waals surface area contributed by atoms with Gasteiger partial charge in [-0.2, -0.15) is 0 Å². The molecule has 0 N–H and O–H groups in total. The first-order valence-corrected chi connectivity index (χ1v) is 17.9. The summed E-state index contributed by atoms with van der Waals surface area (Å²) >= 11 is 1.73.